The van der Waals surface area contributed by atoms with Crippen molar-refractivity contribution in [2.24, 2.45) is 0 Å². The molecule has 0 saturated heterocycles. The molecule has 0 aromatic heterocycles. The first-order valence-electron chi connectivity index (χ1n) is 3.88. The highest BCUT2D eigenvalue weighted by atomic mass is 35.7. The van der Waals surface area contributed by atoms with Gasteiger partial charge in [-0.25, -0.2) is 26.3 Å². The maximum atomic E-state index is 12.5. The normalized spacial score (nSPS) is 17.2. The van der Waals surface area contributed by atoms with Crippen LogP contribution in [-0.4, -0.2) is 31.9 Å². The highest BCUT2D eigenvalue weighted by Gasteiger charge is 2.40. The summed E-state index contributed by atoms with van der Waals surface area (Å²) in [5.74, 6) is 0. The Balaban J connectivity index is 4.18. The molecule has 2 unspecified atom stereocenters. The average molecular weight is 293 g/mol. The molecule has 0 aromatic rings. The second-order valence-corrected chi connectivity index (χ2v) is 10.4. The fourth-order valence-corrected chi connectivity index (χ4v) is 4.27. The van der Waals surface area contributed by atoms with Crippen LogP contribution in [0, 0.1) is 0 Å². The average Bonchev–Trinajstić information content (AvgIpc) is 2.01. The van der Waals surface area contributed by atoms with Crippen LogP contribution in [0.15, 0.2) is 0 Å². The van der Waals surface area contributed by atoms with Crippen molar-refractivity contribution in [2.75, 3.05) is 0 Å². The third-order valence-corrected chi connectivity index (χ3v) is 5.36. The van der Waals surface area contributed by atoms with Gasteiger partial charge in [0.05, 0.1) is 0 Å². The molecule has 0 aromatic carbocycles. The smallest absolute Gasteiger partial charge is 0.241 e. The molecule has 9 heteroatoms. The molecule has 0 spiro atoms. The molecule has 0 aliphatic heterocycles. The molecule has 0 aliphatic rings. The van der Waals surface area contributed by atoms with Gasteiger partial charge in [0, 0.05) is 12.1 Å². The van der Waals surface area contributed by atoms with E-state index in [1.165, 1.54) is 0 Å². The third kappa shape index (κ3) is 6.52. The second kappa shape index (κ2) is 6.20. The standard InChI is InChI=1S/C6H8Cl2F6Si/c7-15(8,1-3(9)5(11)12)2-4(10)6(13)14/h3-6H,1-2H2. The van der Waals surface area contributed by atoms with Gasteiger partial charge in [0.2, 0.25) is 0 Å². The number of halogens is 8. The first kappa shape index (κ1) is 15.4. The maximum absolute atomic E-state index is 12.5. The molecule has 0 nitrogen and oxygen atoms in total. The van der Waals surface area contributed by atoms with Gasteiger partial charge in [0.25, 0.3) is 19.5 Å². The molecule has 0 fully saturated rings. The zero-order valence-electron chi connectivity index (χ0n) is 7.25. The van der Waals surface area contributed by atoms with E-state index in [0.717, 1.165) is 0 Å². The largest absolute Gasteiger partial charge is 0.269 e. The number of alkyl halides is 6. The molecule has 0 bridgehead atoms. The third-order valence-electron chi connectivity index (χ3n) is 1.53. The van der Waals surface area contributed by atoms with Crippen LogP contribution in [0.2, 0.25) is 12.1 Å². The van der Waals surface area contributed by atoms with Crippen LogP contribution in [0.5, 0.6) is 0 Å². The lowest BCUT2D eigenvalue weighted by molar-refractivity contribution is 0.0555. The first-order valence-corrected chi connectivity index (χ1v) is 8.32. The fraction of sp³-hybridized carbons (Fsp3) is 1.00. The van der Waals surface area contributed by atoms with Gasteiger partial charge < -0.3 is 0 Å². The zero-order chi connectivity index (χ0) is 12.2. The quantitative estimate of drug-likeness (QED) is 0.393. The molecule has 0 radical (unpaired) electrons. The Labute approximate surface area is 93.0 Å². The molecule has 0 N–H and O–H groups in total. The van der Waals surface area contributed by atoms with E-state index < -0.39 is 44.0 Å². The first-order chi connectivity index (χ1) is 6.65. The predicted molar refractivity (Wildman–Crippen MR) is 48.9 cm³/mol. The van der Waals surface area contributed by atoms with Crippen LogP contribution in [0.4, 0.5) is 26.3 Å². The van der Waals surface area contributed by atoms with Crippen molar-refractivity contribution in [3.05, 3.63) is 0 Å². The zero-order valence-corrected chi connectivity index (χ0v) is 9.76. The second-order valence-electron chi connectivity index (χ2n) is 2.97. The van der Waals surface area contributed by atoms with Gasteiger partial charge in [-0.1, -0.05) is 0 Å². The van der Waals surface area contributed by atoms with Crippen molar-refractivity contribution in [3.8, 4) is 0 Å². The van der Waals surface area contributed by atoms with Crippen LogP contribution >= 0.6 is 22.2 Å². The van der Waals surface area contributed by atoms with E-state index >= 15 is 0 Å². The lowest BCUT2D eigenvalue weighted by atomic mass is 10.5. The SMILES string of the molecule is FC(F)C(F)C[Si](Cl)(Cl)CC(F)C(F)F. The van der Waals surface area contributed by atoms with Crippen LogP contribution < -0.4 is 0 Å². The summed E-state index contributed by atoms with van der Waals surface area (Å²) in [5.41, 5.74) is 0. The summed E-state index contributed by atoms with van der Waals surface area (Å²) < 4.78 is 71.9. The summed E-state index contributed by atoms with van der Waals surface area (Å²) in [6.45, 7) is -3.72. The topological polar surface area (TPSA) is 0 Å². The Kier molecular flexibility index (Phi) is 6.35. The highest BCUT2D eigenvalue weighted by molar-refractivity contribution is 7.45. The molecule has 0 aliphatic carbocycles. The van der Waals surface area contributed by atoms with Crippen molar-refractivity contribution in [1.82, 2.24) is 0 Å². The Morgan fingerprint density at radius 3 is 1.20 bits per heavy atom. The molecule has 0 heterocycles. The molecule has 2 atom stereocenters. The van der Waals surface area contributed by atoms with Crippen LogP contribution in [0.3, 0.4) is 0 Å². The summed E-state index contributed by atoms with van der Waals surface area (Å²) in [6, 6.07) is -1.91. The van der Waals surface area contributed by atoms with Gasteiger partial charge in [-0.15, -0.1) is 22.2 Å². The van der Waals surface area contributed by atoms with Crippen molar-refractivity contribution >= 4 is 28.9 Å². The van der Waals surface area contributed by atoms with E-state index in [2.05, 4.69) is 0 Å². The van der Waals surface area contributed by atoms with E-state index in [1.807, 2.05) is 0 Å². The predicted octanol–water partition coefficient (Wildman–Crippen LogP) is 4.11. The number of hydrogen-bond donors (Lipinski definition) is 0. The molecule has 92 valence electrons. The van der Waals surface area contributed by atoms with Gasteiger partial charge in [0.15, 0.2) is 12.3 Å². The maximum Gasteiger partial charge on any atom is 0.269 e. The Morgan fingerprint density at radius 2 is 1.00 bits per heavy atom. The van der Waals surface area contributed by atoms with E-state index in [-0.39, 0.29) is 0 Å². The van der Waals surface area contributed by atoms with E-state index in [4.69, 9.17) is 22.2 Å². The minimum atomic E-state index is -3.72. The summed E-state index contributed by atoms with van der Waals surface area (Å²) in [7, 11) is 0. The molecular formula is C6H8Cl2F6Si. The van der Waals surface area contributed by atoms with Gasteiger partial charge in [0.1, 0.15) is 0 Å². The minimum Gasteiger partial charge on any atom is -0.241 e. The lowest BCUT2D eigenvalue weighted by Crippen LogP contribution is -2.32. The van der Waals surface area contributed by atoms with E-state index in [0.29, 0.717) is 0 Å². The van der Waals surface area contributed by atoms with Crippen molar-refractivity contribution < 1.29 is 26.3 Å². The Morgan fingerprint density at radius 1 is 0.733 bits per heavy atom. The van der Waals surface area contributed by atoms with Crippen LogP contribution in [0.1, 0.15) is 0 Å². The van der Waals surface area contributed by atoms with Gasteiger partial charge in [-0.05, 0) is 0 Å². The van der Waals surface area contributed by atoms with Crippen molar-refractivity contribution in [2.45, 2.75) is 37.3 Å². The van der Waals surface area contributed by atoms with Crippen molar-refractivity contribution in [1.29, 1.82) is 0 Å². The van der Waals surface area contributed by atoms with Crippen molar-refractivity contribution in [3.63, 3.8) is 0 Å². The summed E-state index contributed by atoms with van der Waals surface area (Å²) in [6.07, 6.45) is -11.8. The monoisotopic (exact) mass is 292 g/mol. The van der Waals surface area contributed by atoms with Gasteiger partial charge >= 0.3 is 0 Å². The van der Waals surface area contributed by atoms with Crippen LogP contribution in [-0.2, 0) is 0 Å². The molecule has 15 heavy (non-hydrogen) atoms. The Hall–Kier alpha value is 0.377. The fourth-order valence-electron chi connectivity index (χ4n) is 0.832. The Bertz CT molecular complexity index is 172. The lowest BCUT2D eigenvalue weighted by Gasteiger charge is -2.20. The number of rotatable bonds is 6. The van der Waals surface area contributed by atoms with E-state index in [1.54, 1.807) is 0 Å². The molecule has 0 amide bonds. The summed E-state index contributed by atoms with van der Waals surface area (Å²) in [5, 5.41) is 0. The molecule has 0 rings (SSSR count). The summed E-state index contributed by atoms with van der Waals surface area (Å²) >= 11 is 10.7. The number of hydrogen-bond acceptors (Lipinski definition) is 0. The highest BCUT2D eigenvalue weighted by Crippen LogP contribution is 2.33. The van der Waals surface area contributed by atoms with Gasteiger partial charge in [-0.3, -0.25) is 0 Å². The van der Waals surface area contributed by atoms with E-state index in [9.17, 15) is 26.3 Å². The minimum absolute atomic E-state index is 0.957. The molecule has 0 saturated carbocycles. The van der Waals surface area contributed by atoms with Crippen LogP contribution in [0.25, 0.3) is 0 Å². The van der Waals surface area contributed by atoms with Gasteiger partial charge in [-0.2, -0.15) is 0 Å². The summed E-state index contributed by atoms with van der Waals surface area (Å²) in [4.78, 5) is 0. The molecular weight excluding hydrogens is 285 g/mol.